The molecule has 0 amide bonds. The Morgan fingerprint density at radius 2 is 2.12 bits per heavy atom. The Balaban J connectivity index is 2.07. The van der Waals surface area contributed by atoms with Gasteiger partial charge in [-0.2, -0.15) is 0 Å². The monoisotopic (exact) mass is 248 g/mol. The average Bonchev–Trinajstić information content (AvgIpc) is 2.90. The predicted molar refractivity (Wildman–Crippen MR) is 70.5 cm³/mol. The van der Waals surface area contributed by atoms with Crippen LogP contribution in [-0.2, 0) is 0 Å². The maximum atomic E-state index is 5.93. The number of hydrogen-bond acceptors (Lipinski definition) is 3. The van der Waals surface area contributed by atoms with E-state index in [0.29, 0.717) is 0 Å². The maximum absolute atomic E-state index is 5.93. The Hall–Kier alpha value is -1.42. The van der Waals surface area contributed by atoms with E-state index in [9.17, 15) is 0 Å². The number of benzene rings is 1. The number of aromatic amines is 1. The summed E-state index contributed by atoms with van der Waals surface area (Å²) < 4.78 is 5.93. The van der Waals surface area contributed by atoms with Gasteiger partial charge in [-0.15, -0.1) is 11.8 Å². The van der Waals surface area contributed by atoms with E-state index in [4.69, 9.17) is 4.74 Å². The van der Waals surface area contributed by atoms with Crippen LogP contribution in [0.3, 0.4) is 0 Å². The third-order valence-electron chi connectivity index (χ3n) is 2.57. The summed E-state index contributed by atoms with van der Waals surface area (Å²) >= 11 is 1.73. The van der Waals surface area contributed by atoms with E-state index in [-0.39, 0.29) is 6.10 Å². The van der Waals surface area contributed by atoms with Crippen LogP contribution in [0.1, 0.15) is 25.1 Å². The van der Waals surface area contributed by atoms with Crippen molar-refractivity contribution in [2.75, 3.05) is 6.26 Å². The average molecular weight is 248 g/mol. The fraction of sp³-hybridized carbons (Fsp3) is 0.308. The normalized spacial score (nSPS) is 12.4. The van der Waals surface area contributed by atoms with Gasteiger partial charge >= 0.3 is 0 Å². The van der Waals surface area contributed by atoms with E-state index in [1.807, 2.05) is 18.3 Å². The molecule has 0 fully saturated rings. The highest BCUT2D eigenvalue weighted by molar-refractivity contribution is 7.98. The smallest absolute Gasteiger partial charge is 0.140 e. The van der Waals surface area contributed by atoms with Crippen molar-refractivity contribution in [3.63, 3.8) is 0 Å². The second kappa shape index (κ2) is 5.77. The van der Waals surface area contributed by atoms with E-state index < -0.39 is 0 Å². The Labute approximate surface area is 106 Å². The van der Waals surface area contributed by atoms with Crippen molar-refractivity contribution in [1.29, 1.82) is 0 Å². The lowest BCUT2D eigenvalue weighted by Crippen LogP contribution is -2.06. The molecule has 0 aliphatic heterocycles. The van der Waals surface area contributed by atoms with Crippen molar-refractivity contribution in [1.82, 2.24) is 9.97 Å². The molecule has 1 aromatic heterocycles. The molecule has 0 saturated carbocycles. The molecule has 1 N–H and O–H groups in total. The van der Waals surface area contributed by atoms with Crippen molar-refractivity contribution in [3.8, 4) is 5.75 Å². The third kappa shape index (κ3) is 3.03. The molecule has 0 aliphatic carbocycles. The molecule has 1 atom stereocenters. The summed E-state index contributed by atoms with van der Waals surface area (Å²) in [6, 6.07) is 8.15. The summed E-state index contributed by atoms with van der Waals surface area (Å²) in [6.45, 7) is 2.10. The minimum Gasteiger partial charge on any atom is -0.484 e. The number of imidazole rings is 1. The summed E-state index contributed by atoms with van der Waals surface area (Å²) in [5, 5.41) is 0. The van der Waals surface area contributed by atoms with E-state index in [2.05, 4.69) is 35.3 Å². The summed E-state index contributed by atoms with van der Waals surface area (Å²) in [4.78, 5) is 8.35. The highest BCUT2D eigenvalue weighted by atomic mass is 32.2. The quantitative estimate of drug-likeness (QED) is 0.820. The number of H-pyrrole nitrogens is 1. The molecule has 17 heavy (non-hydrogen) atoms. The molecule has 1 aromatic carbocycles. The lowest BCUT2D eigenvalue weighted by molar-refractivity contribution is 0.197. The van der Waals surface area contributed by atoms with Gasteiger partial charge < -0.3 is 9.72 Å². The van der Waals surface area contributed by atoms with Gasteiger partial charge in [-0.1, -0.05) is 6.92 Å². The first kappa shape index (κ1) is 12.0. The molecule has 4 heteroatoms. The zero-order valence-corrected chi connectivity index (χ0v) is 10.8. The van der Waals surface area contributed by atoms with E-state index in [1.54, 1.807) is 18.1 Å². The number of hydrogen-bond donors (Lipinski definition) is 1. The number of nitrogens with zero attached hydrogens (tertiary/aromatic N) is 1. The number of rotatable bonds is 5. The molecule has 0 saturated heterocycles. The third-order valence-corrected chi connectivity index (χ3v) is 3.32. The summed E-state index contributed by atoms with van der Waals surface area (Å²) in [5.74, 6) is 0.893. The van der Waals surface area contributed by atoms with E-state index in [0.717, 1.165) is 17.9 Å². The molecule has 0 spiro atoms. The van der Waals surface area contributed by atoms with Crippen molar-refractivity contribution in [2.45, 2.75) is 24.3 Å². The lowest BCUT2D eigenvalue weighted by Gasteiger charge is -2.16. The molecule has 2 aromatic rings. The molecule has 0 aliphatic rings. The van der Waals surface area contributed by atoms with Gasteiger partial charge in [-0.05, 0) is 36.9 Å². The first-order valence-corrected chi connectivity index (χ1v) is 6.85. The largest absolute Gasteiger partial charge is 0.484 e. The van der Waals surface area contributed by atoms with Gasteiger partial charge in [0, 0.05) is 4.90 Å². The zero-order chi connectivity index (χ0) is 12.1. The van der Waals surface area contributed by atoms with Gasteiger partial charge in [0.1, 0.15) is 11.9 Å². The Morgan fingerprint density at radius 3 is 2.65 bits per heavy atom. The molecule has 90 valence electrons. The van der Waals surface area contributed by atoms with Gasteiger partial charge in [-0.3, -0.25) is 0 Å². The molecular formula is C13H16N2OS. The molecule has 0 radical (unpaired) electrons. The minimum absolute atomic E-state index is 0.0395. The van der Waals surface area contributed by atoms with Gasteiger partial charge in [0.05, 0.1) is 18.2 Å². The molecule has 3 nitrogen and oxygen atoms in total. The maximum Gasteiger partial charge on any atom is 0.140 e. The van der Waals surface area contributed by atoms with E-state index in [1.165, 1.54) is 4.90 Å². The van der Waals surface area contributed by atoms with Gasteiger partial charge in [0.25, 0.3) is 0 Å². The van der Waals surface area contributed by atoms with Gasteiger partial charge in [0.2, 0.25) is 0 Å². The highest BCUT2D eigenvalue weighted by Gasteiger charge is 2.12. The molecule has 1 heterocycles. The van der Waals surface area contributed by atoms with Crippen molar-refractivity contribution in [3.05, 3.63) is 42.5 Å². The second-order valence-corrected chi connectivity index (χ2v) is 4.58. The summed E-state index contributed by atoms with van der Waals surface area (Å²) in [6.07, 6.45) is 6.50. The summed E-state index contributed by atoms with van der Waals surface area (Å²) in [7, 11) is 0. The van der Waals surface area contributed by atoms with Crippen LogP contribution in [0.5, 0.6) is 5.75 Å². The fourth-order valence-electron chi connectivity index (χ4n) is 1.63. The fourth-order valence-corrected chi connectivity index (χ4v) is 2.04. The topological polar surface area (TPSA) is 37.9 Å². The van der Waals surface area contributed by atoms with Crippen LogP contribution in [-0.4, -0.2) is 16.2 Å². The van der Waals surface area contributed by atoms with Crippen LogP contribution < -0.4 is 4.74 Å². The van der Waals surface area contributed by atoms with Crippen molar-refractivity contribution < 1.29 is 4.74 Å². The number of ether oxygens (including phenoxy) is 1. The van der Waals surface area contributed by atoms with Crippen LogP contribution in [0.2, 0.25) is 0 Å². The Bertz CT molecular complexity index is 439. The SMILES string of the molecule is CCC(Oc1ccc(SC)cc1)c1cnc[nH]1. The van der Waals surface area contributed by atoms with Crippen LogP contribution in [0.15, 0.2) is 41.7 Å². The van der Waals surface area contributed by atoms with Crippen LogP contribution in [0.25, 0.3) is 0 Å². The van der Waals surface area contributed by atoms with Crippen LogP contribution in [0, 0.1) is 0 Å². The number of thioether (sulfide) groups is 1. The van der Waals surface area contributed by atoms with Gasteiger partial charge in [0.15, 0.2) is 0 Å². The standard InChI is InChI=1S/C13H16N2OS/c1-3-13(12-8-14-9-15-12)16-10-4-6-11(17-2)7-5-10/h4-9,13H,3H2,1-2H3,(H,14,15). The van der Waals surface area contributed by atoms with Gasteiger partial charge in [-0.25, -0.2) is 4.98 Å². The number of nitrogens with one attached hydrogen (secondary N) is 1. The van der Waals surface area contributed by atoms with Crippen LogP contribution in [0.4, 0.5) is 0 Å². The molecular weight excluding hydrogens is 232 g/mol. The van der Waals surface area contributed by atoms with Crippen LogP contribution >= 0.6 is 11.8 Å². The summed E-state index contributed by atoms with van der Waals surface area (Å²) in [5.41, 5.74) is 1.02. The Morgan fingerprint density at radius 1 is 1.35 bits per heavy atom. The first-order valence-electron chi connectivity index (χ1n) is 5.62. The zero-order valence-electron chi connectivity index (χ0n) is 10.0. The molecule has 1 unspecified atom stereocenters. The molecule has 2 rings (SSSR count). The lowest BCUT2D eigenvalue weighted by atomic mass is 10.2. The Kier molecular flexibility index (Phi) is 4.09. The molecule has 0 bridgehead atoms. The number of aromatic nitrogens is 2. The highest BCUT2D eigenvalue weighted by Crippen LogP contribution is 2.25. The second-order valence-electron chi connectivity index (χ2n) is 3.70. The van der Waals surface area contributed by atoms with Crippen molar-refractivity contribution in [2.24, 2.45) is 0 Å². The van der Waals surface area contributed by atoms with Crippen molar-refractivity contribution >= 4 is 11.8 Å². The van der Waals surface area contributed by atoms with E-state index >= 15 is 0 Å². The first-order chi connectivity index (χ1) is 8.33. The minimum atomic E-state index is 0.0395. The predicted octanol–water partition coefficient (Wildman–Crippen LogP) is 3.66.